The Labute approximate surface area is 142 Å². The van der Waals surface area contributed by atoms with E-state index in [0.717, 1.165) is 12.5 Å². The summed E-state index contributed by atoms with van der Waals surface area (Å²) < 4.78 is 23.8. The summed E-state index contributed by atoms with van der Waals surface area (Å²) >= 11 is 0. The highest BCUT2D eigenvalue weighted by Crippen LogP contribution is 2.19. The normalized spacial score (nSPS) is 12.6. The highest BCUT2D eigenvalue weighted by atomic mass is 28.4. The summed E-state index contributed by atoms with van der Waals surface area (Å²) in [5, 5.41) is 0. The van der Waals surface area contributed by atoms with Gasteiger partial charge in [-0.3, -0.25) is 0 Å². The Kier molecular flexibility index (Phi) is 9.02. The van der Waals surface area contributed by atoms with Crippen LogP contribution in [-0.4, -0.2) is 40.8 Å². The molecule has 0 aliphatic rings. The summed E-state index contributed by atoms with van der Waals surface area (Å²) in [5.74, 6) is 0. The van der Waals surface area contributed by atoms with E-state index in [1.807, 2.05) is 40.7 Å². The molecule has 0 fully saturated rings. The van der Waals surface area contributed by atoms with E-state index < -0.39 is 8.80 Å². The maximum absolute atomic E-state index is 6.10. The van der Waals surface area contributed by atoms with E-state index in [-0.39, 0.29) is 5.60 Å². The standard InChI is InChI=1S/C18H32O4Si/c1-6-20-23(21-7-2,22-15-14-19-18(3,4)5)16-13-17-11-9-8-10-12-17/h8-12H,6-7,13-16H2,1-5H3. The second-order valence-electron chi connectivity index (χ2n) is 6.34. The van der Waals surface area contributed by atoms with Crippen molar-refractivity contribution in [3.05, 3.63) is 35.9 Å². The first-order valence-corrected chi connectivity index (χ1v) is 10.4. The van der Waals surface area contributed by atoms with Gasteiger partial charge >= 0.3 is 8.80 Å². The van der Waals surface area contributed by atoms with Gasteiger partial charge in [-0.15, -0.1) is 0 Å². The predicted molar refractivity (Wildman–Crippen MR) is 95.6 cm³/mol. The molecule has 0 spiro atoms. The van der Waals surface area contributed by atoms with Crippen molar-refractivity contribution >= 4 is 8.80 Å². The van der Waals surface area contributed by atoms with Crippen LogP contribution < -0.4 is 0 Å². The van der Waals surface area contributed by atoms with Crippen molar-refractivity contribution in [2.75, 3.05) is 26.4 Å². The average Bonchev–Trinajstić information content (AvgIpc) is 2.50. The van der Waals surface area contributed by atoms with Crippen LogP contribution in [0.2, 0.25) is 6.04 Å². The lowest BCUT2D eigenvalue weighted by Crippen LogP contribution is -2.47. The van der Waals surface area contributed by atoms with Crippen LogP contribution in [0.15, 0.2) is 30.3 Å². The molecule has 0 aliphatic carbocycles. The second-order valence-corrected chi connectivity index (χ2v) is 9.08. The summed E-state index contributed by atoms with van der Waals surface area (Å²) in [6.07, 6.45) is 0.896. The van der Waals surface area contributed by atoms with Crippen LogP contribution in [0.25, 0.3) is 0 Å². The maximum Gasteiger partial charge on any atom is 0.501 e. The van der Waals surface area contributed by atoms with E-state index in [4.69, 9.17) is 18.0 Å². The van der Waals surface area contributed by atoms with Crippen LogP contribution in [0, 0.1) is 0 Å². The highest BCUT2D eigenvalue weighted by Gasteiger charge is 2.40. The summed E-state index contributed by atoms with van der Waals surface area (Å²) in [7, 11) is -2.65. The zero-order valence-corrected chi connectivity index (χ0v) is 16.3. The van der Waals surface area contributed by atoms with Crippen LogP contribution in [-0.2, 0) is 24.4 Å². The minimum absolute atomic E-state index is 0.158. The number of benzene rings is 1. The van der Waals surface area contributed by atoms with E-state index in [1.165, 1.54) is 5.56 Å². The number of aryl methyl sites for hydroxylation is 1. The van der Waals surface area contributed by atoms with Crippen LogP contribution in [0.3, 0.4) is 0 Å². The van der Waals surface area contributed by atoms with Gasteiger partial charge in [0.25, 0.3) is 0 Å². The minimum Gasteiger partial charge on any atom is -0.374 e. The Bertz CT molecular complexity index is 411. The first-order chi connectivity index (χ1) is 10.9. The van der Waals surface area contributed by atoms with Gasteiger partial charge in [0, 0.05) is 19.3 Å². The number of hydrogen-bond acceptors (Lipinski definition) is 4. The molecule has 0 atom stereocenters. The molecule has 4 nitrogen and oxygen atoms in total. The molecular weight excluding hydrogens is 308 g/mol. The molecule has 0 radical (unpaired) electrons. The van der Waals surface area contributed by atoms with E-state index in [0.29, 0.717) is 26.4 Å². The number of hydrogen-bond donors (Lipinski definition) is 0. The molecule has 0 bridgehead atoms. The first-order valence-electron chi connectivity index (χ1n) is 8.50. The van der Waals surface area contributed by atoms with Crippen LogP contribution >= 0.6 is 0 Å². The van der Waals surface area contributed by atoms with E-state index in [9.17, 15) is 0 Å². The molecule has 0 unspecified atom stereocenters. The van der Waals surface area contributed by atoms with Gasteiger partial charge in [0.05, 0.1) is 18.8 Å². The van der Waals surface area contributed by atoms with E-state index >= 15 is 0 Å². The molecule has 0 amide bonds. The van der Waals surface area contributed by atoms with Crippen molar-refractivity contribution in [2.24, 2.45) is 0 Å². The zero-order valence-electron chi connectivity index (χ0n) is 15.3. The molecule has 0 N–H and O–H groups in total. The van der Waals surface area contributed by atoms with Crippen molar-refractivity contribution in [3.63, 3.8) is 0 Å². The molecule has 23 heavy (non-hydrogen) atoms. The van der Waals surface area contributed by atoms with Gasteiger partial charge in [0.1, 0.15) is 0 Å². The third-order valence-corrected chi connectivity index (χ3v) is 6.19. The van der Waals surface area contributed by atoms with Crippen molar-refractivity contribution in [1.29, 1.82) is 0 Å². The van der Waals surface area contributed by atoms with Gasteiger partial charge in [-0.05, 0) is 46.6 Å². The third kappa shape index (κ3) is 8.63. The van der Waals surface area contributed by atoms with Crippen molar-refractivity contribution < 1.29 is 18.0 Å². The van der Waals surface area contributed by atoms with Gasteiger partial charge in [0.15, 0.2) is 0 Å². The molecule has 0 aliphatic heterocycles. The van der Waals surface area contributed by atoms with Crippen molar-refractivity contribution in [3.8, 4) is 0 Å². The van der Waals surface area contributed by atoms with Crippen LogP contribution in [0.5, 0.6) is 0 Å². The van der Waals surface area contributed by atoms with Crippen LogP contribution in [0.1, 0.15) is 40.2 Å². The van der Waals surface area contributed by atoms with Crippen molar-refractivity contribution in [2.45, 2.75) is 52.7 Å². The Morgan fingerprint density at radius 2 is 1.48 bits per heavy atom. The second kappa shape index (κ2) is 10.2. The highest BCUT2D eigenvalue weighted by molar-refractivity contribution is 6.60. The Morgan fingerprint density at radius 3 is 2.00 bits per heavy atom. The predicted octanol–water partition coefficient (Wildman–Crippen LogP) is 4.07. The third-order valence-electron chi connectivity index (χ3n) is 3.23. The van der Waals surface area contributed by atoms with Gasteiger partial charge in [0.2, 0.25) is 0 Å². The average molecular weight is 341 g/mol. The quantitative estimate of drug-likeness (QED) is 0.449. The Balaban J connectivity index is 2.60. The fraction of sp³-hybridized carbons (Fsp3) is 0.667. The summed E-state index contributed by atoms with van der Waals surface area (Å²) in [5.41, 5.74) is 1.12. The van der Waals surface area contributed by atoms with Gasteiger partial charge < -0.3 is 18.0 Å². The molecule has 1 rings (SSSR count). The molecular formula is C18H32O4Si. The summed E-state index contributed by atoms with van der Waals surface area (Å²) in [6.45, 7) is 12.3. The fourth-order valence-corrected chi connectivity index (χ4v) is 4.82. The van der Waals surface area contributed by atoms with E-state index in [2.05, 4.69) is 24.3 Å². The maximum atomic E-state index is 6.10. The lowest BCUT2D eigenvalue weighted by atomic mass is 10.2. The van der Waals surface area contributed by atoms with Gasteiger partial charge in [-0.25, -0.2) is 0 Å². The Morgan fingerprint density at radius 1 is 0.870 bits per heavy atom. The molecule has 0 heterocycles. The molecule has 1 aromatic carbocycles. The first kappa shape index (κ1) is 20.3. The van der Waals surface area contributed by atoms with Crippen molar-refractivity contribution in [1.82, 2.24) is 0 Å². The monoisotopic (exact) mass is 340 g/mol. The summed E-state index contributed by atoms with van der Waals surface area (Å²) in [6, 6.07) is 11.2. The molecule has 0 saturated heterocycles. The fourth-order valence-electron chi connectivity index (χ4n) is 2.27. The van der Waals surface area contributed by atoms with E-state index in [1.54, 1.807) is 0 Å². The SMILES string of the molecule is CCO[Si](CCc1ccccc1)(OCC)OCCOC(C)(C)C. The molecule has 0 saturated carbocycles. The van der Waals surface area contributed by atoms with Crippen LogP contribution in [0.4, 0.5) is 0 Å². The molecule has 1 aromatic rings. The summed E-state index contributed by atoms with van der Waals surface area (Å²) in [4.78, 5) is 0. The molecule has 132 valence electrons. The molecule has 5 heteroatoms. The topological polar surface area (TPSA) is 36.9 Å². The molecule has 0 aromatic heterocycles. The smallest absolute Gasteiger partial charge is 0.374 e. The minimum atomic E-state index is -2.65. The van der Waals surface area contributed by atoms with Gasteiger partial charge in [-0.2, -0.15) is 0 Å². The lowest BCUT2D eigenvalue weighted by Gasteiger charge is -2.29. The lowest BCUT2D eigenvalue weighted by molar-refractivity contribution is -0.0315. The zero-order chi connectivity index (χ0) is 17.2. The largest absolute Gasteiger partial charge is 0.501 e. The number of rotatable bonds is 11. The number of ether oxygens (including phenoxy) is 1. The Hall–Kier alpha value is -0.723. The van der Waals surface area contributed by atoms with Gasteiger partial charge in [-0.1, -0.05) is 30.3 Å².